The number of benzene rings is 2. The second-order valence-corrected chi connectivity index (χ2v) is 6.93. The van der Waals surface area contributed by atoms with E-state index in [0.717, 1.165) is 22.1 Å². The molecule has 1 saturated carbocycles. The van der Waals surface area contributed by atoms with Crippen LogP contribution in [0, 0.1) is 0 Å². The lowest BCUT2D eigenvalue weighted by molar-refractivity contribution is 0.0457. The molecule has 0 amide bonds. The average molecular weight is 357 g/mol. The van der Waals surface area contributed by atoms with Gasteiger partial charge in [-0.1, -0.05) is 55.3 Å². The number of rotatable bonds is 8. The highest BCUT2D eigenvalue weighted by atomic mass is 35.5. The van der Waals surface area contributed by atoms with Crippen molar-refractivity contribution in [2.24, 2.45) is 0 Å². The first-order valence-corrected chi connectivity index (χ1v) is 9.21. The summed E-state index contributed by atoms with van der Waals surface area (Å²) in [7, 11) is 0. The van der Waals surface area contributed by atoms with Gasteiger partial charge in [-0.15, -0.1) is 0 Å². The summed E-state index contributed by atoms with van der Waals surface area (Å²) in [5, 5.41) is 7.29. The average Bonchev–Trinajstić information content (AvgIpc) is 3.14. The Morgan fingerprint density at radius 1 is 1.00 bits per heavy atom. The summed E-state index contributed by atoms with van der Waals surface area (Å²) in [5.41, 5.74) is 3.38. The van der Waals surface area contributed by atoms with Crippen LogP contribution in [0.4, 0.5) is 5.69 Å². The van der Waals surface area contributed by atoms with E-state index in [1.807, 2.05) is 24.3 Å². The van der Waals surface area contributed by atoms with E-state index < -0.39 is 0 Å². The Kier molecular flexibility index (Phi) is 6.37. The van der Waals surface area contributed by atoms with Crippen LogP contribution in [0.2, 0.25) is 5.02 Å². The molecule has 0 radical (unpaired) electrons. The molecule has 1 aliphatic carbocycles. The number of ether oxygens (including phenoxy) is 1. The van der Waals surface area contributed by atoms with Gasteiger partial charge in [0.2, 0.25) is 0 Å². The van der Waals surface area contributed by atoms with Crippen LogP contribution in [-0.2, 0) is 17.9 Å². The van der Waals surface area contributed by atoms with E-state index in [-0.39, 0.29) is 0 Å². The highest BCUT2D eigenvalue weighted by Crippen LogP contribution is 2.22. The predicted molar refractivity (Wildman–Crippen MR) is 105 cm³/mol. The molecule has 0 unspecified atom stereocenters. The molecule has 0 saturated heterocycles. The number of anilines is 1. The topological polar surface area (TPSA) is 33.3 Å². The van der Waals surface area contributed by atoms with Gasteiger partial charge in [0, 0.05) is 17.3 Å². The van der Waals surface area contributed by atoms with Gasteiger partial charge in [0.05, 0.1) is 18.5 Å². The molecule has 1 fully saturated rings. The van der Waals surface area contributed by atoms with Crippen LogP contribution >= 0.6 is 11.6 Å². The number of halogens is 1. The second kappa shape index (κ2) is 8.93. The van der Waals surface area contributed by atoms with Gasteiger partial charge in [-0.05, 0) is 48.2 Å². The van der Waals surface area contributed by atoms with E-state index in [2.05, 4.69) is 41.5 Å². The summed E-state index contributed by atoms with van der Waals surface area (Å²) in [4.78, 5) is 0. The third kappa shape index (κ3) is 5.80. The lowest BCUT2D eigenvalue weighted by atomic mass is 10.2. The predicted octanol–water partition coefficient (Wildman–Crippen LogP) is 5.47. The number of nitrogens with one attached hydrogen (secondary N) is 2. The molecule has 3 rings (SSSR count). The molecule has 25 heavy (non-hydrogen) atoms. The Morgan fingerprint density at radius 3 is 2.32 bits per heavy atom. The normalized spacial score (nSPS) is 14.4. The SMILES string of the molecule is C=C(NCc1ccc(Cl)cc1)Nc1ccc(COC2CCCC2)cc1. The zero-order valence-electron chi connectivity index (χ0n) is 14.4. The summed E-state index contributed by atoms with van der Waals surface area (Å²) in [5.74, 6) is 0.768. The molecule has 2 aromatic carbocycles. The van der Waals surface area contributed by atoms with E-state index in [4.69, 9.17) is 16.3 Å². The molecule has 0 spiro atoms. The minimum atomic E-state index is 0.453. The van der Waals surface area contributed by atoms with Gasteiger partial charge in [-0.25, -0.2) is 0 Å². The van der Waals surface area contributed by atoms with Gasteiger partial charge in [0.25, 0.3) is 0 Å². The van der Waals surface area contributed by atoms with Gasteiger partial charge in [-0.3, -0.25) is 0 Å². The smallest absolute Gasteiger partial charge is 0.0959 e. The quantitative estimate of drug-likeness (QED) is 0.657. The molecule has 0 atom stereocenters. The van der Waals surface area contributed by atoms with Crippen molar-refractivity contribution in [3.05, 3.63) is 77.1 Å². The summed E-state index contributed by atoms with van der Waals surface area (Å²) in [6, 6.07) is 16.1. The van der Waals surface area contributed by atoms with E-state index in [1.165, 1.54) is 31.2 Å². The van der Waals surface area contributed by atoms with Crippen LogP contribution in [0.15, 0.2) is 60.9 Å². The Hall–Kier alpha value is -1.97. The largest absolute Gasteiger partial charge is 0.374 e. The van der Waals surface area contributed by atoms with E-state index in [0.29, 0.717) is 19.3 Å². The Labute approximate surface area is 155 Å². The molecular weight excluding hydrogens is 332 g/mol. The Bertz CT molecular complexity index is 676. The summed E-state index contributed by atoms with van der Waals surface area (Å²) >= 11 is 5.89. The molecule has 0 aromatic heterocycles. The Morgan fingerprint density at radius 2 is 1.64 bits per heavy atom. The minimum absolute atomic E-state index is 0.453. The van der Waals surface area contributed by atoms with Crippen molar-refractivity contribution in [2.45, 2.75) is 44.9 Å². The minimum Gasteiger partial charge on any atom is -0.374 e. The third-order valence-electron chi connectivity index (χ3n) is 4.46. The molecule has 0 bridgehead atoms. The summed E-state index contributed by atoms with van der Waals surface area (Å²) < 4.78 is 5.95. The fraction of sp³-hybridized carbons (Fsp3) is 0.333. The lowest BCUT2D eigenvalue weighted by Crippen LogP contribution is -2.18. The molecule has 0 aliphatic heterocycles. The monoisotopic (exact) mass is 356 g/mol. The van der Waals surface area contributed by atoms with Gasteiger partial charge < -0.3 is 15.4 Å². The van der Waals surface area contributed by atoms with Crippen LogP contribution in [0.1, 0.15) is 36.8 Å². The zero-order chi connectivity index (χ0) is 17.5. The maximum Gasteiger partial charge on any atom is 0.0959 e. The van der Waals surface area contributed by atoms with Crippen LogP contribution in [-0.4, -0.2) is 6.10 Å². The first kappa shape index (κ1) is 17.8. The van der Waals surface area contributed by atoms with Crippen LogP contribution in [0.5, 0.6) is 0 Å². The highest BCUT2D eigenvalue weighted by molar-refractivity contribution is 6.30. The fourth-order valence-corrected chi connectivity index (χ4v) is 3.11. The fourth-order valence-electron chi connectivity index (χ4n) is 2.98. The first-order valence-electron chi connectivity index (χ1n) is 8.84. The van der Waals surface area contributed by atoms with Crippen LogP contribution < -0.4 is 10.6 Å². The lowest BCUT2D eigenvalue weighted by Gasteiger charge is -2.14. The Balaban J connectivity index is 1.42. The second-order valence-electron chi connectivity index (χ2n) is 6.50. The third-order valence-corrected chi connectivity index (χ3v) is 4.71. The van der Waals surface area contributed by atoms with Gasteiger partial charge in [-0.2, -0.15) is 0 Å². The van der Waals surface area contributed by atoms with Crippen molar-refractivity contribution in [2.75, 3.05) is 5.32 Å². The highest BCUT2D eigenvalue weighted by Gasteiger charge is 2.14. The van der Waals surface area contributed by atoms with E-state index >= 15 is 0 Å². The van der Waals surface area contributed by atoms with Crippen LogP contribution in [0.25, 0.3) is 0 Å². The van der Waals surface area contributed by atoms with E-state index in [1.54, 1.807) is 0 Å². The first-order chi connectivity index (χ1) is 12.2. The van der Waals surface area contributed by atoms with Crippen molar-refractivity contribution in [3.8, 4) is 0 Å². The van der Waals surface area contributed by atoms with Gasteiger partial charge in [0.1, 0.15) is 0 Å². The molecule has 0 heterocycles. The number of hydrogen-bond donors (Lipinski definition) is 2. The van der Waals surface area contributed by atoms with Crippen molar-refractivity contribution >= 4 is 17.3 Å². The van der Waals surface area contributed by atoms with Crippen molar-refractivity contribution < 1.29 is 4.74 Å². The van der Waals surface area contributed by atoms with Crippen molar-refractivity contribution in [1.82, 2.24) is 5.32 Å². The molecule has 132 valence electrons. The van der Waals surface area contributed by atoms with Crippen molar-refractivity contribution in [3.63, 3.8) is 0 Å². The molecule has 1 aliphatic rings. The molecular formula is C21H25ClN2O. The summed E-state index contributed by atoms with van der Waals surface area (Å²) in [6.07, 6.45) is 5.48. The molecule has 2 aromatic rings. The number of hydrogen-bond acceptors (Lipinski definition) is 3. The van der Waals surface area contributed by atoms with E-state index in [9.17, 15) is 0 Å². The maximum absolute atomic E-state index is 5.95. The zero-order valence-corrected chi connectivity index (χ0v) is 15.2. The molecule has 4 heteroatoms. The molecule has 3 nitrogen and oxygen atoms in total. The standard InChI is InChI=1S/C21H25ClN2O/c1-16(23-14-17-6-10-19(22)11-7-17)24-20-12-8-18(9-13-20)15-25-21-4-2-3-5-21/h6-13,21,23-24H,1-5,14-15H2. The van der Waals surface area contributed by atoms with Crippen LogP contribution in [0.3, 0.4) is 0 Å². The van der Waals surface area contributed by atoms with Gasteiger partial charge >= 0.3 is 0 Å². The molecule has 2 N–H and O–H groups in total. The maximum atomic E-state index is 5.95. The summed E-state index contributed by atoms with van der Waals surface area (Å²) in [6.45, 7) is 5.42. The van der Waals surface area contributed by atoms with Crippen molar-refractivity contribution in [1.29, 1.82) is 0 Å². The van der Waals surface area contributed by atoms with Gasteiger partial charge in [0.15, 0.2) is 0 Å².